The Balaban J connectivity index is 2.36. The van der Waals surface area contributed by atoms with Gasteiger partial charge >= 0.3 is 5.97 Å². The van der Waals surface area contributed by atoms with Crippen LogP contribution in [-0.2, 0) is 4.74 Å². The zero-order chi connectivity index (χ0) is 20.1. The van der Waals surface area contributed by atoms with E-state index in [2.05, 4.69) is 10.3 Å². The third-order valence-electron chi connectivity index (χ3n) is 4.07. The molecule has 0 aliphatic carbocycles. The normalized spacial score (nSPS) is 10.3. The van der Waals surface area contributed by atoms with Crippen LogP contribution >= 0.6 is 0 Å². The number of hydrogen-bond donors (Lipinski definition) is 2. The van der Waals surface area contributed by atoms with Crippen LogP contribution in [0.1, 0.15) is 39.0 Å². The molecular formula is C19H24N2O6. The molecule has 1 heterocycles. The third kappa shape index (κ3) is 3.99. The number of H-pyrrole nitrogens is 1. The van der Waals surface area contributed by atoms with Crippen LogP contribution in [0.2, 0.25) is 0 Å². The van der Waals surface area contributed by atoms with Crippen molar-refractivity contribution in [2.75, 3.05) is 33.3 Å². The van der Waals surface area contributed by atoms with Crippen LogP contribution in [-0.4, -0.2) is 44.8 Å². The maximum atomic E-state index is 12.7. The Hall–Kier alpha value is -3.16. The molecule has 0 radical (unpaired) electrons. The number of aromatic nitrogens is 1. The topological polar surface area (TPSA) is 98.9 Å². The molecule has 2 aromatic rings. The number of aryl methyl sites for hydroxylation is 1. The first-order valence-electron chi connectivity index (χ1n) is 8.35. The van der Waals surface area contributed by atoms with Gasteiger partial charge in [0.2, 0.25) is 5.75 Å². The molecule has 1 aromatic heterocycles. The second-order valence-corrected chi connectivity index (χ2v) is 5.71. The molecule has 8 nitrogen and oxygen atoms in total. The zero-order valence-electron chi connectivity index (χ0n) is 16.3. The fraction of sp³-hybridized carbons (Fsp3) is 0.368. The summed E-state index contributed by atoms with van der Waals surface area (Å²) in [5.74, 6) is 0.392. The van der Waals surface area contributed by atoms with Crippen LogP contribution in [0.5, 0.6) is 17.2 Å². The molecule has 146 valence electrons. The van der Waals surface area contributed by atoms with E-state index >= 15 is 0 Å². The summed E-state index contributed by atoms with van der Waals surface area (Å²) in [6.45, 7) is 5.40. The highest BCUT2D eigenvalue weighted by atomic mass is 16.5. The number of anilines is 1. The van der Waals surface area contributed by atoms with E-state index in [1.165, 1.54) is 21.3 Å². The number of esters is 1. The summed E-state index contributed by atoms with van der Waals surface area (Å²) < 4.78 is 20.9. The van der Waals surface area contributed by atoms with Crippen molar-refractivity contribution in [2.45, 2.75) is 20.8 Å². The van der Waals surface area contributed by atoms with Crippen molar-refractivity contribution in [1.82, 2.24) is 4.98 Å². The number of hydrogen-bond acceptors (Lipinski definition) is 6. The summed E-state index contributed by atoms with van der Waals surface area (Å²) in [4.78, 5) is 27.8. The van der Waals surface area contributed by atoms with E-state index in [0.717, 1.165) is 0 Å². The zero-order valence-corrected chi connectivity index (χ0v) is 16.3. The smallest absolute Gasteiger partial charge is 0.340 e. The summed E-state index contributed by atoms with van der Waals surface area (Å²) >= 11 is 0. The lowest BCUT2D eigenvalue weighted by molar-refractivity contribution is 0.0525. The van der Waals surface area contributed by atoms with Gasteiger partial charge in [-0.05, 0) is 26.3 Å². The number of ether oxygens (including phenoxy) is 4. The van der Waals surface area contributed by atoms with Crippen molar-refractivity contribution in [2.24, 2.45) is 0 Å². The predicted molar refractivity (Wildman–Crippen MR) is 100 cm³/mol. The van der Waals surface area contributed by atoms with Crippen molar-refractivity contribution < 1.29 is 28.5 Å². The van der Waals surface area contributed by atoms with E-state index in [9.17, 15) is 9.59 Å². The van der Waals surface area contributed by atoms with Crippen LogP contribution in [0, 0.1) is 13.8 Å². The Labute approximate surface area is 157 Å². The molecule has 0 atom stereocenters. The monoisotopic (exact) mass is 376 g/mol. The van der Waals surface area contributed by atoms with Crippen molar-refractivity contribution in [3.05, 3.63) is 34.6 Å². The van der Waals surface area contributed by atoms with Crippen molar-refractivity contribution in [3.8, 4) is 17.2 Å². The van der Waals surface area contributed by atoms with Gasteiger partial charge in [0.1, 0.15) is 5.69 Å². The minimum atomic E-state index is -0.462. The van der Waals surface area contributed by atoms with Crippen molar-refractivity contribution in [3.63, 3.8) is 0 Å². The van der Waals surface area contributed by atoms with Crippen LogP contribution in [0.4, 0.5) is 5.69 Å². The molecule has 0 spiro atoms. The first kappa shape index (κ1) is 20.2. The van der Waals surface area contributed by atoms with Gasteiger partial charge in [0.15, 0.2) is 11.5 Å². The Bertz CT molecular complexity index is 831. The van der Waals surface area contributed by atoms with Crippen LogP contribution in [0.15, 0.2) is 12.1 Å². The van der Waals surface area contributed by atoms with Crippen LogP contribution in [0.3, 0.4) is 0 Å². The maximum Gasteiger partial charge on any atom is 0.340 e. The Morgan fingerprint density at radius 2 is 1.63 bits per heavy atom. The fourth-order valence-electron chi connectivity index (χ4n) is 2.83. The highest BCUT2D eigenvalue weighted by molar-refractivity contribution is 6.07. The number of carbonyl (C=O) groups excluding carboxylic acids is 2. The molecule has 0 unspecified atom stereocenters. The molecule has 0 saturated carbocycles. The second-order valence-electron chi connectivity index (χ2n) is 5.71. The average molecular weight is 376 g/mol. The van der Waals surface area contributed by atoms with E-state index in [1.54, 1.807) is 32.9 Å². The highest BCUT2D eigenvalue weighted by Gasteiger charge is 2.23. The molecule has 0 saturated heterocycles. The fourth-order valence-corrected chi connectivity index (χ4v) is 2.83. The number of amides is 1. The van der Waals surface area contributed by atoms with Crippen molar-refractivity contribution in [1.29, 1.82) is 0 Å². The Morgan fingerprint density at radius 1 is 1.04 bits per heavy atom. The molecular weight excluding hydrogens is 352 g/mol. The molecule has 1 amide bonds. The molecule has 0 aliphatic heterocycles. The number of aromatic amines is 1. The van der Waals surface area contributed by atoms with Crippen LogP contribution < -0.4 is 19.5 Å². The molecule has 0 aliphatic rings. The average Bonchev–Trinajstić information content (AvgIpc) is 2.95. The SMILES string of the molecule is CCOC(=O)c1c(C)[nH]c(C(=O)Nc2cc(OC)c(OC)c(OC)c2)c1C. The quantitative estimate of drug-likeness (QED) is 0.721. The standard InChI is InChI=1S/C19H24N2O6/c1-7-27-19(23)15-10(2)16(20-11(15)3)18(22)21-12-8-13(24-4)17(26-6)14(9-12)25-5/h8-9,20H,7H2,1-6H3,(H,21,22). The summed E-state index contributed by atoms with van der Waals surface area (Å²) in [6.07, 6.45) is 0. The molecule has 2 rings (SSSR count). The summed E-state index contributed by atoms with van der Waals surface area (Å²) in [7, 11) is 4.49. The largest absolute Gasteiger partial charge is 0.493 e. The van der Waals surface area contributed by atoms with Gasteiger partial charge in [-0.15, -0.1) is 0 Å². The summed E-state index contributed by atoms with van der Waals surface area (Å²) in [5, 5.41) is 2.77. The van der Waals surface area contributed by atoms with E-state index in [-0.39, 0.29) is 12.3 Å². The Morgan fingerprint density at radius 3 is 2.11 bits per heavy atom. The minimum absolute atomic E-state index is 0.260. The molecule has 2 N–H and O–H groups in total. The number of carbonyl (C=O) groups is 2. The van der Waals surface area contributed by atoms with Gasteiger partial charge in [-0.2, -0.15) is 0 Å². The van der Waals surface area contributed by atoms with E-state index in [1.807, 2.05) is 0 Å². The number of benzene rings is 1. The van der Waals surface area contributed by atoms with Gasteiger partial charge in [-0.3, -0.25) is 4.79 Å². The van der Waals surface area contributed by atoms with Gasteiger partial charge in [-0.1, -0.05) is 0 Å². The van der Waals surface area contributed by atoms with Gasteiger partial charge in [0.05, 0.1) is 33.5 Å². The molecule has 8 heteroatoms. The van der Waals surface area contributed by atoms with Gasteiger partial charge in [0, 0.05) is 23.5 Å². The first-order valence-corrected chi connectivity index (χ1v) is 8.35. The molecule has 1 aromatic carbocycles. The van der Waals surface area contributed by atoms with Crippen molar-refractivity contribution >= 4 is 17.6 Å². The Kier molecular flexibility index (Phi) is 6.33. The summed E-state index contributed by atoms with van der Waals surface area (Å²) in [6, 6.07) is 3.24. The maximum absolute atomic E-state index is 12.7. The molecule has 0 bridgehead atoms. The predicted octanol–water partition coefficient (Wildman–Crippen LogP) is 3.09. The number of nitrogens with one attached hydrogen (secondary N) is 2. The summed E-state index contributed by atoms with van der Waals surface area (Å²) in [5.41, 5.74) is 2.20. The lowest BCUT2D eigenvalue weighted by Crippen LogP contribution is -2.14. The number of rotatable bonds is 7. The molecule has 27 heavy (non-hydrogen) atoms. The van der Waals surface area contributed by atoms with Crippen LogP contribution in [0.25, 0.3) is 0 Å². The molecule has 0 fully saturated rings. The highest BCUT2D eigenvalue weighted by Crippen LogP contribution is 2.40. The number of methoxy groups -OCH3 is 3. The minimum Gasteiger partial charge on any atom is -0.493 e. The third-order valence-corrected chi connectivity index (χ3v) is 4.07. The van der Waals surface area contributed by atoms with E-state index < -0.39 is 11.9 Å². The van der Waals surface area contributed by atoms with E-state index in [0.29, 0.717) is 39.8 Å². The van der Waals surface area contributed by atoms with Gasteiger partial charge < -0.3 is 29.2 Å². The second kappa shape index (κ2) is 8.48. The van der Waals surface area contributed by atoms with Gasteiger partial charge in [0.25, 0.3) is 5.91 Å². The lowest BCUT2D eigenvalue weighted by atomic mass is 10.1. The first-order chi connectivity index (χ1) is 12.9. The van der Waals surface area contributed by atoms with Gasteiger partial charge in [-0.25, -0.2) is 4.79 Å². The van der Waals surface area contributed by atoms with E-state index in [4.69, 9.17) is 18.9 Å². The lowest BCUT2D eigenvalue weighted by Gasteiger charge is -2.14.